The highest BCUT2D eigenvalue weighted by atomic mass is 16.4. The zero-order valence-corrected chi connectivity index (χ0v) is 17.3. The van der Waals surface area contributed by atoms with Gasteiger partial charge in [0.15, 0.2) is 17.1 Å². The van der Waals surface area contributed by atoms with Gasteiger partial charge in [-0.05, 0) is 72.4 Å². The second kappa shape index (κ2) is 6.54. The van der Waals surface area contributed by atoms with Crippen molar-refractivity contribution in [3.63, 3.8) is 0 Å². The molecular weight excluding hydrogens is 396 g/mol. The standard InChI is InChI=1S/C25H24O6/c1-25(2)15-5-3-12(17(25)11-15)9-14-10-13(4-7-18(14)26)23-22(30)20(28)16-6-8-19(27)21(29)24(16)31-23/h3-4,6-8,10,15,17,26-27,29-30H,5,9,11H2,1-2H3. The van der Waals surface area contributed by atoms with E-state index in [2.05, 4.69) is 19.9 Å². The smallest absolute Gasteiger partial charge is 0.235 e. The highest BCUT2D eigenvalue weighted by Crippen LogP contribution is 2.59. The van der Waals surface area contributed by atoms with Crippen LogP contribution in [0, 0.1) is 17.3 Å². The van der Waals surface area contributed by atoms with Crippen molar-refractivity contribution in [3.05, 3.63) is 57.8 Å². The van der Waals surface area contributed by atoms with Crippen LogP contribution in [-0.4, -0.2) is 20.4 Å². The predicted octanol–water partition coefficient (Wildman–Crippen LogP) is 4.82. The zero-order valence-electron chi connectivity index (χ0n) is 17.3. The maximum absolute atomic E-state index is 12.6. The van der Waals surface area contributed by atoms with E-state index in [4.69, 9.17) is 4.42 Å². The van der Waals surface area contributed by atoms with E-state index in [1.807, 2.05) is 0 Å². The summed E-state index contributed by atoms with van der Waals surface area (Å²) >= 11 is 0. The molecule has 0 radical (unpaired) electrons. The van der Waals surface area contributed by atoms with E-state index in [9.17, 15) is 25.2 Å². The van der Waals surface area contributed by atoms with Gasteiger partial charge < -0.3 is 24.8 Å². The number of hydrogen-bond donors (Lipinski definition) is 4. The first-order chi connectivity index (χ1) is 14.7. The Labute approximate surface area is 178 Å². The van der Waals surface area contributed by atoms with Crippen molar-refractivity contribution >= 4 is 11.0 Å². The van der Waals surface area contributed by atoms with Gasteiger partial charge in [-0.3, -0.25) is 4.79 Å². The molecule has 2 bridgehead atoms. The van der Waals surface area contributed by atoms with Crippen LogP contribution in [0.2, 0.25) is 0 Å². The molecule has 31 heavy (non-hydrogen) atoms. The van der Waals surface area contributed by atoms with Crippen molar-refractivity contribution in [1.29, 1.82) is 0 Å². The topological polar surface area (TPSA) is 111 Å². The maximum Gasteiger partial charge on any atom is 0.235 e. The van der Waals surface area contributed by atoms with E-state index in [1.165, 1.54) is 24.1 Å². The van der Waals surface area contributed by atoms with Gasteiger partial charge in [0.05, 0.1) is 5.39 Å². The lowest BCUT2D eigenvalue weighted by Crippen LogP contribution is -2.48. The molecule has 4 N–H and O–H groups in total. The first-order valence-electron chi connectivity index (χ1n) is 10.4. The van der Waals surface area contributed by atoms with Gasteiger partial charge in [-0.1, -0.05) is 25.5 Å². The first-order valence-corrected chi connectivity index (χ1v) is 10.4. The molecule has 160 valence electrons. The van der Waals surface area contributed by atoms with E-state index in [0.29, 0.717) is 29.4 Å². The van der Waals surface area contributed by atoms with E-state index in [1.54, 1.807) is 12.1 Å². The molecule has 1 fully saturated rings. The summed E-state index contributed by atoms with van der Waals surface area (Å²) in [6.45, 7) is 4.58. The summed E-state index contributed by atoms with van der Waals surface area (Å²) in [5, 5.41) is 40.8. The summed E-state index contributed by atoms with van der Waals surface area (Å²) in [6, 6.07) is 7.19. The summed E-state index contributed by atoms with van der Waals surface area (Å²) in [5.74, 6) is -0.369. The molecule has 2 atom stereocenters. The van der Waals surface area contributed by atoms with Gasteiger partial charge in [0.1, 0.15) is 5.75 Å². The Morgan fingerprint density at radius 2 is 1.77 bits per heavy atom. The fraction of sp³-hybridized carbons (Fsp3) is 0.320. The number of aromatic hydroxyl groups is 4. The predicted molar refractivity (Wildman–Crippen MR) is 116 cm³/mol. The van der Waals surface area contributed by atoms with Crippen LogP contribution >= 0.6 is 0 Å². The number of phenols is 3. The fourth-order valence-corrected chi connectivity index (χ4v) is 5.18. The van der Waals surface area contributed by atoms with Crippen LogP contribution in [0.5, 0.6) is 23.0 Å². The van der Waals surface area contributed by atoms with Gasteiger partial charge in [0.2, 0.25) is 16.9 Å². The number of benzene rings is 2. The van der Waals surface area contributed by atoms with E-state index < -0.39 is 22.7 Å². The van der Waals surface area contributed by atoms with Crippen LogP contribution in [0.25, 0.3) is 22.3 Å². The van der Waals surface area contributed by atoms with Gasteiger partial charge in [-0.25, -0.2) is 0 Å². The molecule has 0 amide bonds. The molecule has 0 spiro atoms. The molecular formula is C25H24O6. The monoisotopic (exact) mass is 420 g/mol. The molecule has 0 aliphatic heterocycles. The number of fused-ring (bicyclic) bond motifs is 2. The fourth-order valence-electron chi connectivity index (χ4n) is 5.18. The minimum Gasteiger partial charge on any atom is -0.508 e. The SMILES string of the molecule is CC1(C)C2CC=C(Cc3cc(-c4oc5c(O)c(O)ccc5c(=O)c4O)ccc3O)C1C2. The third kappa shape index (κ3) is 2.81. The highest BCUT2D eigenvalue weighted by Gasteiger charge is 2.50. The van der Waals surface area contributed by atoms with Crippen LogP contribution in [0.3, 0.4) is 0 Å². The normalized spacial score (nSPS) is 21.5. The minimum atomic E-state index is -0.710. The second-order valence-corrected chi connectivity index (χ2v) is 9.26. The average molecular weight is 420 g/mol. The summed E-state index contributed by atoms with van der Waals surface area (Å²) in [4.78, 5) is 12.6. The van der Waals surface area contributed by atoms with E-state index in [0.717, 1.165) is 12.5 Å². The molecule has 2 unspecified atom stereocenters. The molecule has 3 aliphatic rings. The summed E-state index contributed by atoms with van der Waals surface area (Å²) in [6.07, 6.45) is 5.06. The molecule has 0 saturated heterocycles. The van der Waals surface area contributed by atoms with Gasteiger partial charge in [0, 0.05) is 5.56 Å². The van der Waals surface area contributed by atoms with Crippen LogP contribution in [0.15, 0.2) is 51.2 Å². The molecule has 3 aliphatic carbocycles. The van der Waals surface area contributed by atoms with E-state index in [-0.39, 0.29) is 27.9 Å². The van der Waals surface area contributed by atoms with Crippen molar-refractivity contribution in [1.82, 2.24) is 0 Å². The number of allylic oxidation sites excluding steroid dienone is 2. The number of hydrogen-bond acceptors (Lipinski definition) is 6. The summed E-state index contributed by atoms with van der Waals surface area (Å²) < 4.78 is 5.66. The van der Waals surface area contributed by atoms with Gasteiger partial charge in [0.25, 0.3) is 0 Å². The van der Waals surface area contributed by atoms with Crippen molar-refractivity contribution in [2.45, 2.75) is 33.1 Å². The Bertz CT molecular complexity index is 1310. The molecule has 3 aromatic rings. The third-order valence-corrected chi connectivity index (χ3v) is 7.31. The lowest BCUT2D eigenvalue weighted by Gasteiger charge is -2.56. The molecule has 6 heteroatoms. The maximum atomic E-state index is 12.6. The Morgan fingerprint density at radius 1 is 1.03 bits per heavy atom. The Balaban J connectivity index is 1.59. The van der Waals surface area contributed by atoms with Gasteiger partial charge >= 0.3 is 0 Å². The number of rotatable bonds is 3. The van der Waals surface area contributed by atoms with Crippen LogP contribution in [0.4, 0.5) is 0 Å². The summed E-state index contributed by atoms with van der Waals surface area (Å²) in [7, 11) is 0. The molecule has 1 aromatic heterocycles. The number of phenolic OH excluding ortho intramolecular Hbond substituents is 3. The quantitative estimate of drug-likeness (QED) is 0.357. The van der Waals surface area contributed by atoms with Crippen molar-refractivity contribution in [3.8, 4) is 34.3 Å². The lowest BCUT2D eigenvalue weighted by atomic mass is 9.48. The Morgan fingerprint density at radius 3 is 2.48 bits per heavy atom. The lowest BCUT2D eigenvalue weighted by molar-refractivity contribution is -0.00746. The van der Waals surface area contributed by atoms with Gasteiger partial charge in [-0.2, -0.15) is 0 Å². The molecule has 2 aromatic carbocycles. The van der Waals surface area contributed by atoms with Crippen LogP contribution in [-0.2, 0) is 6.42 Å². The molecule has 1 saturated carbocycles. The first kappa shape index (κ1) is 19.5. The Hall–Kier alpha value is -3.41. The summed E-state index contributed by atoms with van der Waals surface area (Å²) in [5.41, 5.74) is 1.72. The molecule has 1 heterocycles. The van der Waals surface area contributed by atoms with Crippen LogP contribution in [0.1, 0.15) is 32.3 Å². The van der Waals surface area contributed by atoms with Crippen molar-refractivity contribution < 1.29 is 24.8 Å². The van der Waals surface area contributed by atoms with Gasteiger partial charge in [-0.15, -0.1) is 0 Å². The average Bonchev–Trinajstić information content (AvgIpc) is 2.75. The second-order valence-electron chi connectivity index (χ2n) is 9.26. The molecule has 6 rings (SSSR count). The van der Waals surface area contributed by atoms with Crippen molar-refractivity contribution in [2.75, 3.05) is 0 Å². The van der Waals surface area contributed by atoms with Crippen molar-refractivity contribution in [2.24, 2.45) is 17.3 Å². The van der Waals surface area contributed by atoms with E-state index >= 15 is 0 Å². The third-order valence-electron chi connectivity index (χ3n) is 7.31. The molecule has 6 nitrogen and oxygen atoms in total. The zero-order chi connectivity index (χ0) is 22.1. The Kier molecular flexibility index (Phi) is 4.13. The minimum absolute atomic E-state index is 0.0373. The largest absolute Gasteiger partial charge is 0.508 e. The highest BCUT2D eigenvalue weighted by molar-refractivity contribution is 5.88. The van der Waals surface area contributed by atoms with Crippen LogP contribution < -0.4 is 5.43 Å².